The molecule has 0 bridgehead atoms. The van der Waals surface area contributed by atoms with Gasteiger partial charge in [0.25, 0.3) is 0 Å². The van der Waals surface area contributed by atoms with Gasteiger partial charge in [0.2, 0.25) is 5.91 Å². The van der Waals surface area contributed by atoms with Gasteiger partial charge in [-0.15, -0.1) is 0 Å². The molecule has 1 heterocycles. The number of nitrogens with one attached hydrogen (secondary N) is 1. The van der Waals surface area contributed by atoms with Crippen LogP contribution in [0.5, 0.6) is 0 Å². The zero-order chi connectivity index (χ0) is 9.97. The van der Waals surface area contributed by atoms with Crippen molar-refractivity contribution in [3.05, 3.63) is 0 Å². The second kappa shape index (κ2) is 4.28. The Balaban J connectivity index is 1.62. The molecule has 2 rings (SSSR count). The minimum Gasteiger partial charge on any atom is -0.393 e. The van der Waals surface area contributed by atoms with Crippen molar-refractivity contribution in [2.45, 2.75) is 25.4 Å². The van der Waals surface area contributed by atoms with E-state index in [4.69, 9.17) is 9.84 Å². The lowest BCUT2D eigenvalue weighted by molar-refractivity contribution is -0.125. The van der Waals surface area contributed by atoms with Crippen LogP contribution >= 0.6 is 0 Å². The first-order valence-electron chi connectivity index (χ1n) is 5.29. The van der Waals surface area contributed by atoms with Gasteiger partial charge >= 0.3 is 0 Å². The van der Waals surface area contributed by atoms with Gasteiger partial charge in [0.1, 0.15) is 0 Å². The maximum atomic E-state index is 11.5. The van der Waals surface area contributed by atoms with E-state index in [0.29, 0.717) is 25.7 Å². The summed E-state index contributed by atoms with van der Waals surface area (Å²) >= 11 is 0. The lowest BCUT2D eigenvalue weighted by atomic mass is 9.82. The molecule has 14 heavy (non-hydrogen) atoms. The molecule has 2 aliphatic rings. The quantitative estimate of drug-likeness (QED) is 0.668. The Morgan fingerprint density at radius 2 is 2.29 bits per heavy atom. The number of aliphatic hydroxyl groups is 1. The Labute approximate surface area is 83.6 Å². The fraction of sp³-hybridized carbons (Fsp3) is 0.900. The van der Waals surface area contributed by atoms with Crippen LogP contribution in [0.3, 0.4) is 0 Å². The third kappa shape index (κ3) is 2.25. The molecule has 0 radical (unpaired) electrons. The first-order valence-corrected chi connectivity index (χ1v) is 5.29. The average Bonchev–Trinajstić information content (AvgIpc) is 2.62. The first kappa shape index (κ1) is 9.93. The van der Waals surface area contributed by atoms with Crippen molar-refractivity contribution in [1.29, 1.82) is 0 Å². The second-order valence-electron chi connectivity index (χ2n) is 4.30. The lowest BCUT2D eigenvalue weighted by Crippen LogP contribution is -2.40. The molecule has 1 amide bonds. The predicted octanol–water partition coefficient (Wildman–Crippen LogP) is -0.0900. The molecule has 4 heteroatoms. The molecule has 0 spiro atoms. The van der Waals surface area contributed by atoms with E-state index in [2.05, 4.69) is 5.32 Å². The summed E-state index contributed by atoms with van der Waals surface area (Å²) in [5, 5.41) is 12.0. The Hall–Kier alpha value is -0.610. The van der Waals surface area contributed by atoms with Crippen molar-refractivity contribution < 1.29 is 14.6 Å². The van der Waals surface area contributed by atoms with Gasteiger partial charge in [0, 0.05) is 13.2 Å². The summed E-state index contributed by atoms with van der Waals surface area (Å²) in [5.74, 6) is 0.653. The fourth-order valence-corrected chi connectivity index (χ4v) is 2.00. The van der Waals surface area contributed by atoms with Crippen molar-refractivity contribution in [2.75, 3.05) is 19.8 Å². The van der Waals surface area contributed by atoms with E-state index in [9.17, 15) is 4.79 Å². The van der Waals surface area contributed by atoms with Gasteiger partial charge < -0.3 is 15.2 Å². The smallest absolute Gasteiger partial charge is 0.225 e. The van der Waals surface area contributed by atoms with Gasteiger partial charge in [-0.3, -0.25) is 4.79 Å². The van der Waals surface area contributed by atoms with Gasteiger partial charge in [-0.1, -0.05) is 0 Å². The normalized spacial score (nSPS) is 36.5. The van der Waals surface area contributed by atoms with Crippen LogP contribution in [0.15, 0.2) is 0 Å². The van der Waals surface area contributed by atoms with Gasteiger partial charge in [0.05, 0.1) is 18.6 Å². The van der Waals surface area contributed by atoms with E-state index in [1.165, 1.54) is 0 Å². The number of carbonyl (C=O) groups excluding carboxylic acids is 1. The maximum absolute atomic E-state index is 11.5. The van der Waals surface area contributed by atoms with E-state index >= 15 is 0 Å². The minimum absolute atomic E-state index is 0.0556. The van der Waals surface area contributed by atoms with E-state index in [1.54, 1.807) is 0 Å². The predicted molar refractivity (Wildman–Crippen MR) is 50.7 cm³/mol. The standard InChI is InChI=1S/C10H17NO3/c12-9-3-7(4-9)5-11-10(13)8-1-2-14-6-8/h7-9,12H,1-6H2,(H,11,13). The van der Waals surface area contributed by atoms with Crippen LogP contribution in [0.2, 0.25) is 0 Å². The van der Waals surface area contributed by atoms with Crippen molar-refractivity contribution >= 4 is 5.91 Å². The number of aliphatic hydroxyl groups excluding tert-OH is 1. The Morgan fingerprint density at radius 1 is 1.50 bits per heavy atom. The topological polar surface area (TPSA) is 58.6 Å². The van der Waals surface area contributed by atoms with Gasteiger partial charge in [-0.25, -0.2) is 0 Å². The monoisotopic (exact) mass is 199 g/mol. The van der Waals surface area contributed by atoms with E-state index in [-0.39, 0.29) is 17.9 Å². The molecule has 1 saturated heterocycles. The number of hydrogen-bond acceptors (Lipinski definition) is 3. The summed E-state index contributed by atoms with van der Waals surface area (Å²) in [6, 6.07) is 0. The van der Waals surface area contributed by atoms with Crippen LogP contribution in [0.25, 0.3) is 0 Å². The molecule has 2 N–H and O–H groups in total. The van der Waals surface area contributed by atoms with Crippen molar-refractivity contribution in [1.82, 2.24) is 5.32 Å². The number of rotatable bonds is 3. The second-order valence-corrected chi connectivity index (χ2v) is 4.30. The zero-order valence-corrected chi connectivity index (χ0v) is 8.24. The summed E-state index contributed by atoms with van der Waals surface area (Å²) in [7, 11) is 0. The molecule has 4 nitrogen and oxygen atoms in total. The molecular formula is C10H17NO3. The highest BCUT2D eigenvalue weighted by Gasteiger charge is 2.29. The summed E-state index contributed by atoms with van der Waals surface area (Å²) in [4.78, 5) is 11.5. The Kier molecular flexibility index (Phi) is 3.03. The third-order valence-electron chi connectivity index (χ3n) is 3.08. The van der Waals surface area contributed by atoms with Crippen molar-refractivity contribution in [2.24, 2.45) is 11.8 Å². The van der Waals surface area contributed by atoms with Crippen LogP contribution in [0.1, 0.15) is 19.3 Å². The molecule has 1 atom stereocenters. The molecule has 0 aromatic carbocycles. The summed E-state index contributed by atoms with van der Waals surface area (Å²) in [6.45, 7) is 1.99. The molecule has 1 saturated carbocycles. The van der Waals surface area contributed by atoms with Crippen LogP contribution in [0, 0.1) is 11.8 Å². The molecule has 0 aromatic rings. The van der Waals surface area contributed by atoms with E-state index in [0.717, 1.165) is 19.3 Å². The molecule has 1 aliphatic carbocycles. The maximum Gasteiger partial charge on any atom is 0.225 e. The van der Waals surface area contributed by atoms with Gasteiger partial charge in [0.15, 0.2) is 0 Å². The third-order valence-corrected chi connectivity index (χ3v) is 3.08. The number of hydrogen-bond donors (Lipinski definition) is 2. The molecule has 2 fully saturated rings. The number of ether oxygens (including phenoxy) is 1. The van der Waals surface area contributed by atoms with Crippen LogP contribution < -0.4 is 5.32 Å². The Morgan fingerprint density at radius 3 is 2.86 bits per heavy atom. The Bertz CT molecular complexity index is 207. The SMILES string of the molecule is O=C(NCC1CC(O)C1)C1CCOC1. The first-order chi connectivity index (χ1) is 6.75. The summed E-state index contributed by atoms with van der Waals surface area (Å²) < 4.78 is 5.14. The molecule has 1 aliphatic heterocycles. The fourth-order valence-electron chi connectivity index (χ4n) is 2.00. The highest BCUT2D eigenvalue weighted by atomic mass is 16.5. The van der Waals surface area contributed by atoms with Crippen molar-refractivity contribution in [3.8, 4) is 0 Å². The van der Waals surface area contributed by atoms with Crippen LogP contribution in [-0.4, -0.2) is 36.9 Å². The van der Waals surface area contributed by atoms with Crippen molar-refractivity contribution in [3.63, 3.8) is 0 Å². The summed E-state index contributed by atoms with van der Waals surface area (Å²) in [6.07, 6.45) is 2.38. The molecule has 1 unspecified atom stereocenters. The summed E-state index contributed by atoms with van der Waals surface area (Å²) in [5.41, 5.74) is 0. The number of carbonyl (C=O) groups is 1. The van der Waals surface area contributed by atoms with Gasteiger partial charge in [-0.05, 0) is 25.2 Å². The van der Waals surface area contributed by atoms with Gasteiger partial charge in [-0.2, -0.15) is 0 Å². The average molecular weight is 199 g/mol. The highest BCUT2D eigenvalue weighted by molar-refractivity contribution is 5.78. The zero-order valence-electron chi connectivity index (χ0n) is 8.24. The van der Waals surface area contributed by atoms with Crippen LogP contribution in [-0.2, 0) is 9.53 Å². The minimum atomic E-state index is -0.133. The number of amides is 1. The lowest BCUT2D eigenvalue weighted by Gasteiger charge is -2.31. The van der Waals surface area contributed by atoms with Crippen LogP contribution in [0.4, 0.5) is 0 Å². The van der Waals surface area contributed by atoms with E-state index in [1.807, 2.05) is 0 Å². The van der Waals surface area contributed by atoms with E-state index < -0.39 is 0 Å². The molecule has 0 aromatic heterocycles. The largest absolute Gasteiger partial charge is 0.393 e. The highest BCUT2D eigenvalue weighted by Crippen LogP contribution is 2.26. The molecule has 80 valence electrons. The molecular weight excluding hydrogens is 182 g/mol.